The van der Waals surface area contributed by atoms with Crippen LogP contribution < -0.4 is 4.40 Å². The minimum atomic E-state index is -1.72. The van der Waals surface area contributed by atoms with Gasteiger partial charge in [-0.05, 0) is 51.0 Å². The number of aromatic nitrogens is 4. The van der Waals surface area contributed by atoms with Crippen LogP contribution in [0.5, 0.6) is 0 Å². The molecule has 0 bridgehead atoms. The molecule has 0 atom stereocenters. The summed E-state index contributed by atoms with van der Waals surface area (Å²) >= 11 is -1.72. The number of nitrogens with zero attached hydrogens (tertiary/aromatic N) is 4. The zero-order valence-electron chi connectivity index (χ0n) is 28.7. The van der Waals surface area contributed by atoms with Gasteiger partial charge in [0.25, 0.3) is 0 Å². The summed E-state index contributed by atoms with van der Waals surface area (Å²) in [5.74, 6) is 8.36. The van der Waals surface area contributed by atoms with E-state index in [-0.39, 0.29) is 25.6 Å². The maximum Gasteiger partial charge on any atom is 0 e. The van der Waals surface area contributed by atoms with Crippen molar-refractivity contribution in [3.05, 3.63) is 108 Å². The summed E-state index contributed by atoms with van der Waals surface area (Å²) in [5.41, 5.74) is 8.54. The maximum absolute atomic E-state index is 6.38. The Bertz CT molecular complexity index is 2150. The molecule has 3 aromatic carbocycles. The molecule has 4 aromatic heterocycles. The Morgan fingerprint density at radius 3 is 2.26 bits per heavy atom. The van der Waals surface area contributed by atoms with E-state index in [1.807, 2.05) is 42.6 Å². The SMILES string of the molecule is Cc1c[c-]c(-c2nc3ccccc3n2C(C)(C)C)c2oc3nc(C(C)C)ccc3c12.[CH3][Ge]([CH3])([CH3])[c]1ccc(-c2[c-]cccc2)nc1.[Ir]. The summed E-state index contributed by atoms with van der Waals surface area (Å²) in [4.78, 5) is 14.3. The van der Waals surface area contributed by atoms with Crippen LogP contribution in [0.3, 0.4) is 0 Å². The number of pyridine rings is 2. The molecule has 0 unspecified atom stereocenters. The molecule has 5 nitrogen and oxygen atoms in total. The molecular weight excluding hydrogens is 817 g/mol. The Hall–Kier alpha value is -3.58. The van der Waals surface area contributed by atoms with Crippen LogP contribution in [0.25, 0.3) is 55.7 Å². The van der Waals surface area contributed by atoms with Crippen LogP contribution in [0, 0.1) is 19.1 Å². The van der Waals surface area contributed by atoms with Crippen LogP contribution in [-0.4, -0.2) is 32.8 Å². The quantitative estimate of drug-likeness (QED) is 0.131. The number of hydrogen-bond acceptors (Lipinski definition) is 4. The van der Waals surface area contributed by atoms with Gasteiger partial charge < -0.3 is 8.98 Å². The van der Waals surface area contributed by atoms with Crippen LogP contribution in [-0.2, 0) is 25.6 Å². The van der Waals surface area contributed by atoms with Crippen molar-refractivity contribution >= 4 is 50.8 Å². The summed E-state index contributed by atoms with van der Waals surface area (Å²) < 4.78 is 10.1. The molecular formula is C40H42GeIrN4O-2. The van der Waals surface area contributed by atoms with Crippen LogP contribution >= 0.6 is 0 Å². The van der Waals surface area contributed by atoms with Gasteiger partial charge in [-0.1, -0.05) is 43.9 Å². The molecule has 47 heavy (non-hydrogen) atoms. The van der Waals surface area contributed by atoms with Gasteiger partial charge in [0, 0.05) is 36.7 Å². The minimum Gasteiger partial charge on any atom is 0 e. The summed E-state index contributed by atoms with van der Waals surface area (Å²) in [6, 6.07) is 33.5. The predicted octanol–water partition coefficient (Wildman–Crippen LogP) is 10.1. The molecule has 7 aromatic rings. The Morgan fingerprint density at radius 1 is 0.872 bits per heavy atom. The van der Waals surface area contributed by atoms with E-state index < -0.39 is 13.3 Å². The average molecular weight is 860 g/mol. The number of aryl methyl sites for hydroxylation is 1. The van der Waals surface area contributed by atoms with Crippen molar-refractivity contribution in [1.82, 2.24) is 19.5 Å². The number of imidazole rings is 1. The Balaban J connectivity index is 0.000000217. The second kappa shape index (κ2) is 13.5. The van der Waals surface area contributed by atoms with E-state index in [1.54, 1.807) is 0 Å². The van der Waals surface area contributed by atoms with E-state index in [0.29, 0.717) is 11.6 Å². The maximum atomic E-state index is 6.38. The van der Waals surface area contributed by atoms with E-state index in [4.69, 9.17) is 14.4 Å². The molecule has 0 N–H and O–H groups in total. The molecule has 4 heterocycles. The van der Waals surface area contributed by atoms with E-state index in [2.05, 4.69) is 123 Å². The van der Waals surface area contributed by atoms with Crippen LogP contribution in [0.1, 0.15) is 51.8 Å². The third-order valence-corrected chi connectivity index (χ3v) is 12.5. The van der Waals surface area contributed by atoms with Gasteiger partial charge in [-0.25, -0.2) is 4.98 Å². The van der Waals surface area contributed by atoms with E-state index in [1.165, 1.54) is 4.40 Å². The monoisotopic (exact) mass is 861 g/mol. The van der Waals surface area contributed by atoms with Gasteiger partial charge in [-0.2, -0.15) is 0 Å². The number of para-hydroxylation sites is 2. The minimum absolute atomic E-state index is 0. The van der Waals surface area contributed by atoms with E-state index in [0.717, 1.165) is 61.3 Å². The van der Waals surface area contributed by atoms with Gasteiger partial charge in [-0.15, -0.1) is 17.7 Å². The molecule has 1 radical (unpaired) electrons. The van der Waals surface area contributed by atoms with Crippen LogP contribution in [0.15, 0.2) is 89.5 Å². The topological polar surface area (TPSA) is 56.7 Å². The van der Waals surface area contributed by atoms with Crippen molar-refractivity contribution in [2.45, 2.75) is 70.3 Å². The zero-order valence-corrected chi connectivity index (χ0v) is 33.2. The van der Waals surface area contributed by atoms with Gasteiger partial charge in [0.2, 0.25) is 5.71 Å². The smallest absolute Gasteiger partial charge is 0 e. The first-order valence-electron chi connectivity index (χ1n) is 16.0. The third-order valence-electron chi connectivity index (χ3n) is 8.29. The van der Waals surface area contributed by atoms with Crippen molar-refractivity contribution in [3.8, 4) is 22.6 Å². The van der Waals surface area contributed by atoms with Crippen LogP contribution in [0.2, 0.25) is 17.3 Å². The largest absolute Gasteiger partial charge is 0 e. The van der Waals surface area contributed by atoms with Crippen molar-refractivity contribution < 1.29 is 24.5 Å². The summed E-state index contributed by atoms with van der Waals surface area (Å²) in [5, 5.41) is 2.13. The molecule has 0 fully saturated rings. The standard InChI is InChI=1S/C26H26N3O.C14H16GeN.Ir/c1-15(2)19-14-13-17-22-16(3)11-12-18(23(22)30-25(17)28-19)24-27-20-9-7-8-10-21(20)29(24)26(4,5)6;1-15(2,3)13-9-10-14(16-11-13)12-7-5-4-6-8-12;/h7-11,13-15H,1-6H3;4-7,9-11H,1-3H3;/q2*-1;. The number of rotatable bonds is 4. The number of benzene rings is 3. The molecule has 7 heteroatoms. The molecule has 0 saturated heterocycles. The summed E-state index contributed by atoms with van der Waals surface area (Å²) in [7, 11) is 0. The van der Waals surface area contributed by atoms with E-state index in [9.17, 15) is 0 Å². The molecule has 0 aliphatic carbocycles. The molecule has 0 spiro atoms. The molecule has 0 aliphatic rings. The normalized spacial score (nSPS) is 12.0. The van der Waals surface area contributed by atoms with Gasteiger partial charge in [0.15, 0.2) is 0 Å². The van der Waals surface area contributed by atoms with Crippen molar-refractivity contribution in [3.63, 3.8) is 0 Å². The van der Waals surface area contributed by atoms with Gasteiger partial charge in [-0.3, -0.25) is 4.98 Å². The van der Waals surface area contributed by atoms with Gasteiger partial charge in [0.1, 0.15) is 0 Å². The fourth-order valence-electron chi connectivity index (χ4n) is 5.79. The fourth-order valence-corrected chi connectivity index (χ4v) is 7.96. The first kappa shape index (κ1) is 34.7. The molecule has 7 rings (SSSR count). The summed E-state index contributed by atoms with van der Waals surface area (Å²) in [6.07, 6.45) is 2.04. The number of hydrogen-bond donors (Lipinski definition) is 0. The van der Waals surface area contributed by atoms with Crippen molar-refractivity contribution in [2.75, 3.05) is 0 Å². The number of fused-ring (bicyclic) bond motifs is 4. The zero-order chi connectivity index (χ0) is 32.8. The van der Waals surface area contributed by atoms with Gasteiger partial charge >= 0.3 is 99.8 Å². The first-order chi connectivity index (χ1) is 21.8. The summed E-state index contributed by atoms with van der Waals surface area (Å²) in [6.45, 7) is 13.0. The van der Waals surface area contributed by atoms with Crippen LogP contribution in [0.4, 0.5) is 0 Å². The van der Waals surface area contributed by atoms with E-state index >= 15 is 0 Å². The second-order valence-electron chi connectivity index (χ2n) is 14.3. The Labute approximate surface area is 294 Å². The average Bonchev–Trinajstić information content (AvgIpc) is 3.61. The Morgan fingerprint density at radius 2 is 1.62 bits per heavy atom. The van der Waals surface area contributed by atoms with Gasteiger partial charge in [0.05, 0.1) is 22.4 Å². The van der Waals surface area contributed by atoms with Crippen molar-refractivity contribution in [1.29, 1.82) is 0 Å². The fraction of sp³-hybridized carbons (Fsp3) is 0.275. The number of furan rings is 1. The Kier molecular flexibility index (Phi) is 9.98. The van der Waals surface area contributed by atoms with Crippen molar-refractivity contribution in [2.24, 2.45) is 0 Å². The molecule has 0 amide bonds. The first-order valence-corrected chi connectivity index (χ1v) is 23.3. The predicted molar refractivity (Wildman–Crippen MR) is 194 cm³/mol. The molecule has 243 valence electrons. The molecule has 0 aliphatic heterocycles. The molecule has 0 saturated carbocycles. The second-order valence-corrected chi connectivity index (χ2v) is 24.9. The third kappa shape index (κ3) is 7.01.